The van der Waals surface area contributed by atoms with E-state index in [2.05, 4.69) is 18.3 Å². The lowest BCUT2D eigenvalue weighted by atomic mass is 9.88. The number of methoxy groups -OCH3 is 1. The van der Waals surface area contributed by atoms with Gasteiger partial charge in [0.25, 0.3) is 0 Å². The highest BCUT2D eigenvalue weighted by Gasteiger charge is 2.10. The Morgan fingerprint density at radius 1 is 1.33 bits per heavy atom. The third-order valence-corrected chi connectivity index (χ3v) is 3.06. The van der Waals surface area contributed by atoms with Gasteiger partial charge in [-0.1, -0.05) is 30.9 Å². The quantitative estimate of drug-likeness (QED) is 0.539. The fourth-order valence-electron chi connectivity index (χ4n) is 2.22. The summed E-state index contributed by atoms with van der Waals surface area (Å²) in [7, 11) is 1.74. The minimum atomic E-state index is 0.802. The van der Waals surface area contributed by atoms with Crippen LogP contribution < -0.4 is 5.32 Å². The zero-order valence-corrected chi connectivity index (χ0v) is 10.2. The van der Waals surface area contributed by atoms with Crippen molar-refractivity contribution in [2.24, 2.45) is 5.92 Å². The number of nitrogens with one attached hydrogen (secondary N) is 1. The highest BCUT2D eigenvalue weighted by atomic mass is 16.5. The Kier molecular flexibility index (Phi) is 6.69. The van der Waals surface area contributed by atoms with Gasteiger partial charge >= 0.3 is 0 Å². The second kappa shape index (κ2) is 7.89. The van der Waals surface area contributed by atoms with Gasteiger partial charge < -0.3 is 10.1 Å². The molecule has 0 aromatic carbocycles. The largest absolute Gasteiger partial charge is 0.383 e. The molecule has 1 aliphatic carbocycles. The van der Waals surface area contributed by atoms with Crippen LogP contribution in [-0.2, 0) is 4.74 Å². The maximum absolute atomic E-state index is 4.99. The SMILES string of the molecule is COCCNCC(C)=CC1CCCCC1. The van der Waals surface area contributed by atoms with Crippen molar-refractivity contribution in [1.82, 2.24) is 5.32 Å². The molecule has 1 aliphatic rings. The third-order valence-electron chi connectivity index (χ3n) is 3.06. The molecule has 0 atom stereocenters. The van der Waals surface area contributed by atoms with Crippen LogP contribution in [0.15, 0.2) is 11.6 Å². The predicted octanol–water partition coefficient (Wildman–Crippen LogP) is 2.75. The molecule has 2 nitrogen and oxygen atoms in total. The van der Waals surface area contributed by atoms with Crippen LogP contribution in [0.5, 0.6) is 0 Å². The molecule has 1 saturated carbocycles. The fourth-order valence-corrected chi connectivity index (χ4v) is 2.22. The third kappa shape index (κ3) is 5.95. The van der Waals surface area contributed by atoms with Crippen LogP contribution in [0, 0.1) is 5.92 Å². The van der Waals surface area contributed by atoms with E-state index < -0.39 is 0 Å². The molecule has 0 heterocycles. The standard InChI is InChI=1S/C13H25NO/c1-12(11-14-8-9-15-2)10-13-6-4-3-5-7-13/h10,13-14H,3-9,11H2,1-2H3. The summed E-state index contributed by atoms with van der Waals surface area (Å²) in [5.74, 6) is 0.850. The van der Waals surface area contributed by atoms with E-state index in [1.165, 1.54) is 37.7 Å². The Hall–Kier alpha value is -0.340. The van der Waals surface area contributed by atoms with Gasteiger partial charge in [-0.25, -0.2) is 0 Å². The molecule has 0 saturated heterocycles. The van der Waals surface area contributed by atoms with Crippen molar-refractivity contribution in [3.63, 3.8) is 0 Å². The molecule has 1 N–H and O–H groups in total. The summed E-state index contributed by atoms with van der Waals surface area (Å²) >= 11 is 0. The first-order valence-corrected chi connectivity index (χ1v) is 6.20. The number of hydrogen-bond acceptors (Lipinski definition) is 2. The molecule has 0 amide bonds. The molecule has 88 valence electrons. The van der Waals surface area contributed by atoms with Gasteiger partial charge in [0.05, 0.1) is 6.61 Å². The van der Waals surface area contributed by atoms with Crippen molar-refractivity contribution in [1.29, 1.82) is 0 Å². The van der Waals surface area contributed by atoms with E-state index in [-0.39, 0.29) is 0 Å². The highest BCUT2D eigenvalue weighted by molar-refractivity contribution is 5.03. The molecular formula is C13H25NO. The van der Waals surface area contributed by atoms with Crippen LogP contribution in [0.3, 0.4) is 0 Å². The average molecular weight is 211 g/mol. The average Bonchev–Trinajstić information content (AvgIpc) is 2.26. The second-order valence-electron chi connectivity index (χ2n) is 4.58. The summed E-state index contributed by atoms with van der Waals surface area (Å²) in [6.45, 7) is 5.00. The van der Waals surface area contributed by atoms with Crippen LogP contribution in [0.25, 0.3) is 0 Å². The van der Waals surface area contributed by atoms with Gasteiger partial charge in [-0.15, -0.1) is 0 Å². The van der Waals surface area contributed by atoms with Crippen LogP contribution >= 0.6 is 0 Å². The van der Waals surface area contributed by atoms with E-state index in [9.17, 15) is 0 Å². The van der Waals surface area contributed by atoms with Gasteiger partial charge in [0, 0.05) is 20.2 Å². The lowest BCUT2D eigenvalue weighted by Gasteiger charge is -2.19. The Morgan fingerprint density at radius 2 is 2.07 bits per heavy atom. The van der Waals surface area contributed by atoms with E-state index in [4.69, 9.17) is 4.74 Å². The zero-order chi connectivity index (χ0) is 10.9. The van der Waals surface area contributed by atoms with Crippen molar-refractivity contribution in [3.05, 3.63) is 11.6 Å². The molecule has 2 heteroatoms. The van der Waals surface area contributed by atoms with Crippen LogP contribution in [-0.4, -0.2) is 26.8 Å². The molecule has 15 heavy (non-hydrogen) atoms. The summed E-state index contributed by atoms with van der Waals surface area (Å²) < 4.78 is 4.99. The zero-order valence-electron chi connectivity index (χ0n) is 10.2. The van der Waals surface area contributed by atoms with E-state index in [0.29, 0.717) is 0 Å². The molecule has 0 aliphatic heterocycles. The number of ether oxygens (including phenoxy) is 1. The number of rotatable bonds is 6. The van der Waals surface area contributed by atoms with Crippen molar-refractivity contribution >= 4 is 0 Å². The molecular weight excluding hydrogens is 186 g/mol. The van der Waals surface area contributed by atoms with Crippen LogP contribution in [0.4, 0.5) is 0 Å². The van der Waals surface area contributed by atoms with Crippen LogP contribution in [0.2, 0.25) is 0 Å². The lowest BCUT2D eigenvalue weighted by Crippen LogP contribution is -2.21. The Balaban J connectivity index is 2.13. The van der Waals surface area contributed by atoms with E-state index >= 15 is 0 Å². The van der Waals surface area contributed by atoms with Gasteiger partial charge in [0.1, 0.15) is 0 Å². The lowest BCUT2D eigenvalue weighted by molar-refractivity contribution is 0.200. The molecule has 1 rings (SSSR count). The maximum atomic E-state index is 4.99. The Bertz CT molecular complexity index is 183. The van der Waals surface area contributed by atoms with Crippen molar-refractivity contribution in [2.45, 2.75) is 39.0 Å². The van der Waals surface area contributed by atoms with Gasteiger partial charge in [0.2, 0.25) is 0 Å². The molecule has 0 bridgehead atoms. The summed E-state index contributed by atoms with van der Waals surface area (Å²) in [4.78, 5) is 0. The maximum Gasteiger partial charge on any atom is 0.0587 e. The summed E-state index contributed by atoms with van der Waals surface area (Å²) in [6, 6.07) is 0. The second-order valence-corrected chi connectivity index (χ2v) is 4.58. The number of hydrogen-bond donors (Lipinski definition) is 1. The first-order valence-electron chi connectivity index (χ1n) is 6.20. The molecule has 1 fully saturated rings. The van der Waals surface area contributed by atoms with Crippen LogP contribution in [0.1, 0.15) is 39.0 Å². The molecule has 0 spiro atoms. The normalized spacial score (nSPS) is 19.5. The Labute approximate surface area is 94.1 Å². The van der Waals surface area contributed by atoms with Gasteiger partial charge in [-0.05, 0) is 25.7 Å². The first kappa shape index (κ1) is 12.7. The number of allylic oxidation sites excluding steroid dienone is 1. The summed E-state index contributed by atoms with van der Waals surface area (Å²) in [6.07, 6.45) is 9.55. The van der Waals surface area contributed by atoms with Crippen molar-refractivity contribution < 1.29 is 4.74 Å². The molecule has 0 aromatic heterocycles. The highest BCUT2D eigenvalue weighted by Crippen LogP contribution is 2.25. The molecule has 0 unspecified atom stereocenters. The fraction of sp³-hybridized carbons (Fsp3) is 0.846. The van der Waals surface area contributed by atoms with E-state index in [1.807, 2.05) is 0 Å². The minimum absolute atomic E-state index is 0.802. The van der Waals surface area contributed by atoms with E-state index in [0.717, 1.165) is 25.6 Å². The topological polar surface area (TPSA) is 21.3 Å². The Morgan fingerprint density at radius 3 is 2.73 bits per heavy atom. The minimum Gasteiger partial charge on any atom is -0.383 e. The molecule has 0 radical (unpaired) electrons. The smallest absolute Gasteiger partial charge is 0.0587 e. The van der Waals surface area contributed by atoms with E-state index in [1.54, 1.807) is 7.11 Å². The van der Waals surface area contributed by atoms with Gasteiger partial charge in [0.15, 0.2) is 0 Å². The van der Waals surface area contributed by atoms with Gasteiger partial charge in [-0.3, -0.25) is 0 Å². The summed E-state index contributed by atoms with van der Waals surface area (Å²) in [5.41, 5.74) is 1.48. The molecule has 0 aromatic rings. The first-order chi connectivity index (χ1) is 7.33. The summed E-state index contributed by atoms with van der Waals surface area (Å²) in [5, 5.41) is 3.38. The monoisotopic (exact) mass is 211 g/mol. The van der Waals surface area contributed by atoms with Gasteiger partial charge in [-0.2, -0.15) is 0 Å². The predicted molar refractivity (Wildman–Crippen MR) is 65.1 cm³/mol. The van der Waals surface area contributed by atoms with Crippen molar-refractivity contribution in [2.75, 3.05) is 26.8 Å². The van der Waals surface area contributed by atoms with Crippen molar-refractivity contribution in [3.8, 4) is 0 Å².